The summed E-state index contributed by atoms with van der Waals surface area (Å²) in [5, 5.41) is 8.48. The molecule has 0 fully saturated rings. The zero-order chi connectivity index (χ0) is 6.41. The van der Waals surface area contributed by atoms with Gasteiger partial charge in [0.25, 0.3) is 0 Å². The minimum Gasteiger partial charge on any atom is -0.392 e. The molecule has 48 valence electrons. The summed E-state index contributed by atoms with van der Waals surface area (Å²) in [5.74, 6) is 1.01. The second kappa shape index (κ2) is 5.19. The standard InChI is InChI=1S/C6H12OS/c1-6(5-7)3-4-8-2/h3,7H,4-5H2,1-2H3. The Bertz CT molecular complexity index is 78.6. The monoisotopic (exact) mass is 132 g/mol. The van der Waals surface area contributed by atoms with Crippen LogP contribution in [0.25, 0.3) is 0 Å². The molecule has 0 aliphatic heterocycles. The fourth-order valence-corrected chi connectivity index (χ4v) is 0.741. The lowest BCUT2D eigenvalue weighted by atomic mass is 10.3. The fourth-order valence-electron chi connectivity index (χ4n) is 0.290. The van der Waals surface area contributed by atoms with Gasteiger partial charge in [-0.3, -0.25) is 0 Å². The van der Waals surface area contributed by atoms with Crippen LogP contribution in [0, 0.1) is 0 Å². The quantitative estimate of drug-likeness (QED) is 0.584. The fraction of sp³-hybridized carbons (Fsp3) is 0.667. The van der Waals surface area contributed by atoms with Crippen LogP contribution in [0.3, 0.4) is 0 Å². The summed E-state index contributed by atoms with van der Waals surface area (Å²) in [6, 6.07) is 0. The first-order valence-electron chi connectivity index (χ1n) is 2.56. The van der Waals surface area contributed by atoms with Crippen LogP contribution in [-0.2, 0) is 0 Å². The van der Waals surface area contributed by atoms with E-state index in [1.165, 1.54) is 0 Å². The van der Waals surface area contributed by atoms with Gasteiger partial charge in [0, 0.05) is 5.75 Å². The van der Waals surface area contributed by atoms with Gasteiger partial charge >= 0.3 is 0 Å². The molecule has 0 bridgehead atoms. The average Bonchev–Trinajstić information content (AvgIpc) is 1.83. The van der Waals surface area contributed by atoms with Crippen molar-refractivity contribution in [1.29, 1.82) is 0 Å². The Morgan fingerprint density at radius 2 is 2.38 bits per heavy atom. The van der Waals surface area contributed by atoms with Crippen molar-refractivity contribution in [2.45, 2.75) is 6.92 Å². The minimum atomic E-state index is 0.195. The van der Waals surface area contributed by atoms with Crippen molar-refractivity contribution in [3.63, 3.8) is 0 Å². The molecule has 0 rings (SSSR count). The van der Waals surface area contributed by atoms with Gasteiger partial charge in [-0.05, 0) is 13.2 Å². The van der Waals surface area contributed by atoms with Crippen LogP contribution >= 0.6 is 11.8 Å². The number of aliphatic hydroxyl groups is 1. The van der Waals surface area contributed by atoms with E-state index in [1.54, 1.807) is 11.8 Å². The Kier molecular flexibility index (Phi) is 5.22. The molecule has 1 N–H and O–H groups in total. The molecule has 0 saturated heterocycles. The minimum absolute atomic E-state index is 0.195. The average molecular weight is 132 g/mol. The van der Waals surface area contributed by atoms with E-state index >= 15 is 0 Å². The molecule has 8 heavy (non-hydrogen) atoms. The van der Waals surface area contributed by atoms with Gasteiger partial charge < -0.3 is 5.11 Å². The molecule has 0 atom stereocenters. The maximum Gasteiger partial charge on any atom is 0.0639 e. The van der Waals surface area contributed by atoms with E-state index in [9.17, 15) is 0 Å². The van der Waals surface area contributed by atoms with E-state index < -0.39 is 0 Å². The van der Waals surface area contributed by atoms with Gasteiger partial charge in [0.05, 0.1) is 6.61 Å². The molecule has 0 aliphatic rings. The second-order valence-electron chi connectivity index (χ2n) is 1.66. The normalized spacial score (nSPS) is 12.1. The van der Waals surface area contributed by atoms with E-state index in [0.29, 0.717) is 0 Å². The molecule has 0 unspecified atom stereocenters. The van der Waals surface area contributed by atoms with Gasteiger partial charge in [0.2, 0.25) is 0 Å². The van der Waals surface area contributed by atoms with Gasteiger partial charge in [-0.25, -0.2) is 0 Å². The zero-order valence-corrected chi connectivity index (χ0v) is 6.16. The number of rotatable bonds is 3. The summed E-state index contributed by atoms with van der Waals surface area (Å²) in [4.78, 5) is 0. The van der Waals surface area contributed by atoms with Crippen LogP contribution < -0.4 is 0 Å². The maximum atomic E-state index is 8.48. The van der Waals surface area contributed by atoms with Gasteiger partial charge in [-0.1, -0.05) is 11.6 Å². The Balaban J connectivity index is 3.26. The van der Waals surface area contributed by atoms with Crippen LogP contribution in [0.2, 0.25) is 0 Å². The summed E-state index contributed by atoms with van der Waals surface area (Å²) < 4.78 is 0. The lowest BCUT2D eigenvalue weighted by molar-refractivity contribution is 0.331. The molecule has 0 saturated carbocycles. The molecule has 0 aliphatic carbocycles. The maximum absolute atomic E-state index is 8.48. The number of hydrogen-bond donors (Lipinski definition) is 1. The van der Waals surface area contributed by atoms with E-state index in [1.807, 2.05) is 19.3 Å². The van der Waals surface area contributed by atoms with Crippen LogP contribution in [0.5, 0.6) is 0 Å². The smallest absolute Gasteiger partial charge is 0.0639 e. The second-order valence-corrected chi connectivity index (χ2v) is 2.57. The van der Waals surface area contributed by atoms with E-state index in [4.69, 9.17) is 5.11 Å². The molecule has 2 heteroatoms. The predicted octanol–water partition coefficient (Wildman–Crippen LogP) is 1.29. The molecule has 0 aromatic carbocycles. The van der Waals surface area contributed by atoms with Crippen molar-refractivity contribution < 1.29 is 5.11 Å². The van der Waals surface area contributed by atoms with Crippen molar-refractivity contribution in [3.05, 3.63) is 11.6 Å². The van der Waals surface area contributed by atoms with Crippen LogP contribution in [0.4, 0.5) is 0 Å². The van der Waals surface area contributed by atoms with Gasteiger partial charge in [-0.15, -0.1) is 0 Å². The molecular formula is C6H12OS. The highest BCUT2D eigenvalue weighted by atomic mass is 32.2. The Labute approximate surface area is 54.8 Å². The largest absolute Gasteiger partial charge is 0.392 e. The van der Waals surface area contributed by atoms with Gasteiger partial charge in [0.15, 0.2) is 0 Å². The number of aliphatic hydroxyl groups excluding tert-OH is 1. The van der Waals surface area contributed by atoms with Crippen molar-refractivity contribution in [3.8, 4) is 0 Å². The van der Waals surface area contributed by atoms with Crippen molar-refractivity contribution in [2.24, 2.45) is 0 Å². The summed E-state index contributed by atoms with van der Waals surface area (Å²) >= 11 is 1.76. The first kappa shape index (κ1) is 8.05. The topological polar surface area (TPSA) is 20.2 Å². The lowest BCUT2D eigenvalue weighted by Gasteiger charge is -1.90. The van der Waals surface area contributed by atoms with Crippen molar-refractivity contribution in [2.75, 3.05) is 18.6 Å². The summed E-state index contributed by atoms with van der Waals surface area (Å²) in [5.41, 5.74) is 1.05. The summed E-state index contributed by atoms with van der Waals surface area (Å²) in [6.07, 6.45) is 4.08. The lowest BCUT2D eigenvalue weighted by Crippen LogP contribution is -1.83. The van der Waals surface area contributed by atoms with Crippen LogP contribution in [0.15, 0.2) is 11.6 Å². The molecule has 0 aromatic heterocycles. The predicted molar refractivity (Wildman–Crippen MR) is 39.2 cm³/mol. The number of hydrogen-bond acceptors (Lipinski definition) is 2. The molecule has 0 radical (unpaired) electrons. The first-order chi connectivity index (χ1) is 3.81. The van der Waals surface area contributed by atoms with E-state index in [2.05, 4.69) is 0 Å². The molecule has 0 spiro atoms. The molecule has 0 heterocycles. The third-order valence-corrected chi connectivity index (χ3v) is 1.35. The Morgan fingerprint density at radius 3 is 2.75 bits per heavy atom. The Morgan fingerprint density at radius 1 is 1.75 bits per heavy atom. The Hall–Kier alpha value is 0.0500. The van der Waals surface area contributed by atoms with Crippen LogP contribution in [0.1, 0.15) is 6.92 Å². The molecule has 0 amide bonds. The van der Waals surface area contributed by atoms with Crippen LogP contribution in [-0.4, -0.2) is 23.7 Å². The van der Waals surface area contributed by atoms with Gasteiger partial charge in [-0.2, -0.15) is 11.8 Å². The van der Waals surface area contributed by atoms with Crippen molar-refractivity contribution >= 4 is 11.8 Å². The first-order valence-corrected chi connectivity index (χ1v) is 3.96. The van der Waals surface area contributed by atoms with Gasteiger partial charge in [0.1, 0.15) is 0 Å². The van der Waals surface area contributed by atoms with E-state index in [-0.39, 0.29) is 6.61 Å². The molecular weight excluding hydrogens is 120 g/mol. The highest BCUT2D eigenvalue weighted by Crippen LogP contribution is 1.96. The SMILES string of the molecule is CSCC=C(C)CO. The van der Waals surface area contributed by atoms with Crippen molar-refractivity contribution in [1.82, 2.24) is 0 Å². The summed E-state index contributed by atoms with van der Waals surface area (Å²) in [7, 11) is 0. The third kappa shape index (κ3) is 4.22. The zero-order valence-electron chi connectivity index (χ0n) is 5.35. The highest BCUT2D eigenvalue weighted by Gasteiger charge is 1.80. The van der Waals surface area contributed by atoms with E-state index in [0.717, 1.165) is 11.3 Å². The summed E-state index contributed by atoms with van der Waals surface area (Å²) in [6.45, 7) is 2.12. The number of thioether (sulfide) groups is 1. The molecule has 0 aromatic rings. The molecule has 1 nitrogen and oxygen atoms in total. The third-order valence-electron chi connectivity index (χ3n) is 0.848. The highest BCUT2D eigenvalue weighted by molar-refractivity contribution is 7.98.